The monoisotopic (exact) mass is 219 g/mol. The SMILES string of the molecule is CC1(C)O[C@]1(C)c1nc2ccccc2s1. The summed E-state index contributed by atoms with van der Waals surface area (Å²) in [6.45, 7) is 6.34. The Morgan fingerprint density at radius 3 is 2.47 bits per heavy atom. The molecule has 0 unspecified atom stereocenters. The van der Waals surface area contributed by atoms with E-state index in [1.54, 1.807) is 11.3 Å². The first-order chi connectivity index (χ1) is 7.03. The third-order valence-corrected chi connectivity index (χ3v) is 4.51. The molecule has 0 N–H and O–H groups in total. The van der Waals surface area contributed by atoms with E-state index >= 15 is 0 Å². The molecule has 0 aliphatic carbocycles. The molecule has 2 nitrogen and oxygen atoms in total. The van der Waals surface area contributed by atoms with Crippen LogP contribution in [0.2, 0.25) is 0 Å². The van der Waals surface area contributed by atoms with Gasteiger partial charge in [-0.1, -0.05) is 12.1 Å². The molecule has 0 bridgehead atoms. The van der Waals surface area contributed by atoms with Gasteiger partial charge in [0.2, 0.25) is 0 Å². The third-order valence-electron chi connectivity index (χ3n) is 3.27. The lowest BCUT2D eigenvalue weighted by Gasteiger charge is -2.02. The van der Waals surface area contributed by atoms with Crippen LogP contribution in [0.3, 0.4) is 0 Å². The standard InChI is InChI=1S/C12H13NOS/c1-11(2)12(3,14-11)10-13-8-6-4-5-7-9(8)15-10/h4-7H,1-3H3/t12-/m1/s1. The van der Waals surface area contributed by atoms with Gasteiger partial charge in [0.1, 0.15) is 10.6 Å². The number of hydrogen-bond donors (Lipinski definition) is 0. The van der Waals surface area contributed by atoms with E-state index in [4.69, 9.17) is 4.74 Å². The first kappa shape index (κ1) is 9.31. The van der Waals surface area contributed by atoms with Crippen LogP contribution in [-0.2, 0) is 10.3 Å². The molecule has 1 aromatic heterocycles. The van der Waals surface area contributed by atoms with Gasteiger partial charge in [-0.3, -0.25) is 0 Å². The van der Waals surface area contributed by atoms with E-state index in [1.165, 1.54) is 4.70 Å². The van der Waals surface area contributed by atoms with E-state index in [1.807, 2.05) is 18.2 Å². The molecule has 3 rings (SSSR count). The molecule has 0 amide bonds. The van der Waals surface area contributed by atoms with E-state index in [9.17, 15) is 0 Å². The van der Waals surface area contributed by atoms with Gasteiger partial charge in [0.25, 0.3) is 0 Å². The fraction of sp³-hybridized carbons (Fsp3) is 0.417. The van der Waals surface area contributed by atoms with Crippen LogP contribution >= 0.6 is 11.3 Å². The molecule has 1 fully saturated rings. The van der Waals surface area contributed by atoms with Crippen molar-refractivity contribution in [1.82, 2.24) is 4.98 Å². The zero-order chi connectivity index (χ0) is 10.7. The molecule has 78 valence electrons. The Kier molecular flexibility index (Phi) is 1.61. The highest BCUT2D eigenvalue weighted by Crippen LogP contribution is 2.56. The Morgan fingerprint density at radius 1 is 1.20 bits per heavy atom. The van der Waals surface area contributed by atoms with Gasteiger partial charge in [-0.05, 0) is 32.9 Å². The topological polar surface area (TPSA) is 25.4 Å². The summed E-state index contributed by atoms with van der Waals surface area (Å²) in [6.07, 6.45) is 0. The van der Waals surface area contributed by atoms with Crippen LogP contribution in [0.5, 0.6) is 0 Å². The number of fused-ring (bicyclic) bond motifs is 1. The minimum Gasteiger partial charge on any atom is -0.356 e. The number of para-hydroxylation sites is 1. The molecule has 1 aliphatic heterocycles. The summed E-state index contributed by atoms with van der Waals surface area (Å²) in [6, 6.07) is 8.22. The van der Waals surface area contributed by atoms with Crippen LogP contribution in [0.15, 0.2) is 24.3 Å². The second-order valence-corrected chi connectivity index (χ2v) is 5.66. The quantitative estimate of drug-likeness (QED) is 0.687. The highest BCUT2D eigenvalue weighted by Gasteiger charge is 2.63. The van der Waals surface area contributed by atoms with Crippen LogP contribution in [0.25, 0.3) is 10.2 Å². The summed E-state index contributed by atoms with van der Waals surface area (Å²) in [5.74, 6) is 0. The number of rotatable bonds is 1. The van der Waals surface area contributed by atoms with Gasteiger partial charge in [0.05, 0.1) is 15.8 Å². The number of nitrogens with zero attached hydrogens (tertiary/aromatic N) is 1. The second kappa shape index (κ2) is 2.60. The Morgan fingerprint density at radius 2 is 1.87 bits per heavy atom. The van der Waals surface area contributed by atoms with Crippen molar-refractivity contribution in [3.05, 3.63) is 29.3 Å². The highest BCUT2D eigenvalue weighted by atomic mass is 32.1. The minimum atomic E-state index is -0.184. The van der Waals surface area contributed by atoms with Crippen LogP contribution in [0, 0.1) is 0 Å². The zero-order valence-corrected chi connectivity index (χ0v) is 9.89. The summed E-state index contributed by atoms with van der Waals surface area (Å²) in [5, 5.41) is 1.09. The fourth-order valence-electron chi connectivity index (χ4n) is 1.86. The number of benzene rings is 1. The number of epoxide rings is 1. The van der Waals surface area contributed by atoms with Crippen molar-refractivity contribution in [2.24, 2.45) is 0 Å². The van der Waals surface area contributed by atoms with Crippen LogP contribution in [0.4, 0.5) is 0 Å². The van der Waals surface area contributed by atoms with Gasteiger partial charge in [-0.25, -0.2) is 4.98 Å². The Labute approximate surface area is 92.9 Å². The lowest BCUT2D eigenvalue weighted by Crippen LogP contribution is -2.13. The highest BCUT2D eigenvalue weighted by molar-refractivity contribution is 7.18. The largest absolute Gasteiger partial charge is 0.356 e. The molecule has 1 aromatic carbocycles. The number of thiazole rings is 1. The maximum absolute atomic E-state index is 5.76. The van der Waals surface area contributed by atoms with Crippen molar-refractivity contribution in [2.45, 2.75) is 32.0 Å². The summed E-state index contributed by atoms with van der Waals surface area (Å²) >= 11 is 1.73. The average Bonchev–Trinajstić information content (AvgIpc) is 2.61. The molecular formula is C12H13NOS. The minimum absolute atomic E-state index is 0.0686. The Bertz CT molecular complexity index is 498. The lowest BCUT2D eigenvalue weighted by molar-refractivity contribution is 0.287. The van der Waals surface area contributed by atoms with Crippen LogP contribution in [-0.4, -0.2) is 10.6 Å². The van der Waals surface area contributed by atoms with Gasteiger partial charge in [-0.15, -0.1) is 11.3 Å². The van der Waals surface area contributed by atoms with Gasteiger partial charge in [-0.2, -0.15) is 0 Å². The molecule has 1 saturated heterocycles. The van der Waals surface area contributed by atoms with E-state index in [0.717, 1.165) is 10.5 Å². The molecule has 2 heterocycles. The lowest BCUT2D eigenvalue weighted by atomic mass is 9.99. The number of hydrogen-bond acceptors (Lipinski definition) is 3. The molecule has 0 spiro atoms. The van der Waals surface area contributed by atoms with E-state index in [0.29, 0.717) is 0 Å². The van der Waals surface area contributed by atoms with Gasteiger partial charge >= 0.3 is 0 Å². The summed E-state index contributed by atoms with van der Waals surface area (Å²) < 4.78 is 6.99. The zero-order valence-electron chi connectivity index (χ0n) is 9.07. The summed E-state index contributed by atoms with van der Waals surface area (Å²) in [5.41, 5.74) is 0.822. The fourth-order valence-corrected chi connectivity index (χ4v) is 3.06. The van der Waals surface area contributed by atoms with Gasteiger partial charge < -0.3 is 4.74 Å². The van der Waals surface area contributed by atoms with E-state index in [-0.39, 0.29) is 11.2 Å². The first-order valence-electron chi connectivity index (χ1n) is 5.09. The molecule has 3 heteroatoms. The van der Waals surface area contributed by atoms with Crippen LogP contribution < -0.4 is 0 Å². The van der Waals surface area contributed by atoms with Crippen molar-refractivity contribution < 1.29 is 4.74 Å². The third kappa shape index (κ3) is 1.17. The molecule has 1 atom stereocenters. The molecule has 2 aromatic rings. The van der Waals surface area contributed by atoms with Crippen LogP contribution in [0.1, 0.15) is 25.8 Å². The smallest absolute Gasteiger partial charge is 0.146 e. The van der Waals surface area contributed by atoms with Crippen molar-refractivity contribution in [2.75, 3.05) is 0 Å². The number of ether oxygens (including phenoxy) is 1. The Balaban J connectivity index is 2.14. The van der Waals surface area contributed by atoms with E-state index < -0.39 is 0 Å². The predicted octanol–water partition coefficient (Wildman–Crippen LogP) is 3.32. The molecule has 1 aliphatic rings. The first-order valence-corrected chi connectivity index (χ1v) is 5.91. The molecule has 0 saturated carbocycles. The van der Waals surface area contributed by atoms with Crippen molar-refractivity contribution in [3.63, 3.8) is 0 Å². The van der Waals surface area contributed by atoms with Crippen molar-refractivity contribution >= 4 is 21.6 Å². The van der Waals surface area contributed by atoms with Gasteiger partial charge in [0.15, 0.2) is 0 Å². The maximum atomic E-state index is 5.76. The van der Waals surface area contributed by atoms with Crippen molar-refractivity contribution in [1.29, 1.82) is 0 Å². The summed E-state index contributed by atoms with van der Waals surface area (Å²) in [7, 11) is 0. The molecule has 0 radical (unpaired) electrons. The van der Waals surface area contributed by atoms with Crippen molar-refractivity contribution in [3.8, 4) is 0 Å². The Hall–Kier alpha value is -0.930. The average molecular weight is 219 g/mol. The number of aromatic nitrogens is 1. The van der Waals surface area contributed by atoms with E-state index in [2.05, 4.69) is 31.8 Å². The normalized spacial score (nSPS) is 28.2. The predicted molar refractivity (Wildman–Crippen MR) is 62.1 cm³/mol. The summed E-state index contributed by atoms with van der Waals surface area (Å²) in [4.78, 5) is 4.64. The second-order valence-electron chi connectivity index (χ2n) is 4.63. The molecular weight excluding hydrogens is 206 g/mol. The van der Waals surface area contributed by atoms with Gasteiger partial charge in [0, 0.05) is 0 Å². The molecule has 15 heavy (non-hydrogen) atoms. The maximum Gasteiger partial charge on any atom is 0.146 e.